The summed E-state index contributed by atoms with van der Waals surface area (Å²) in [7, 11) is 1.70. The topological polar surface area (TPSA) is 44.8 Å². The molecule has 1 saturated heterocycles. The molecule has 0 spiro atoms. The number of hydrogen-bond donors (Lipinski definition) is 1. The lowest BCUT2D eigenvalue weighted by molar-refractivity contribution is -0.117. The molecular weight excluding hydrogens is 370 g/mol. The van der Waals surface area contributed by atoms with Gasteiger partial charge in [0.1, 0.15) is 5.75 Å². The van der Waals surface area contributed by atoms with E-state index in [0.717, 1.165) is 54.0 Å². The quantitative estimate of drug-likeness (QED) is 0.543. The molecule has 0 bridgehead atoms. The maximum absolute atomic E-state index is 12.5. The number of carbonyl (C=O) groups excluding carboxylic acids is 1. The second-order valence-electron chi connectivity index (χ2n) is 6.58. The van der Waals surface area contributed by atoms with Gasteiger partial charge in [0.2, 0.25) is 5.91 Å². The van der Waals surface area contributed by atoms with Gasteiger partial charge in [0, 0.05) is 36.8 Å². The van der Waals surface area contributed by atoms with Crippen LogP contribution in [0.4, 0.5) is 11.4 Å². The Morgan fingerprint density at radius 1 is 1.14 bits per heavy atom. The molecule has 0 radical (unpaired) electrons. The van der Waals surface area contributed by atoms with Gasteiger partial charge >= 0.3 is 0 Å². The molecule has 148 valence electrons. The van der Waals surface area contributed by atoms with E-state index in [2.05, 4.69) is 27.8 Å². The lowest BCUT2D eigenvalue weighted by Gasteiger charge is -2.36. The molecule has 0 saturated carbocycles. The number of benzene rings is 2. The minimum absolute atomic E-state index is 0.0254. The van der Waals surface area contributed by atoms with Crippen LogP contribution in [0.2, 0.25) is 0 Å². The van der Waals surface area contributed by atoms with Crippen LogP contribution >= 0.6 is 11.8 Å². The smallest absolute Gasteiger partial charge is 0.238 e. The van der Waals surface area contributed by atoms with Gasteiger partial charge in [-0.1, -0.05) is 30.3 Å². The number of rotatable bonds is 8. The summed E-state index contributed by atoms with van der Waals surface area (Å²) >= 11 is 1.67. The van der Waals surface area contributed by atoms with Crippen molar-refractivity contribution in [2.75, 3.05) is 55.8 Å². The zero-order valence-corrected chi connectivity index (χ0v) is 17.1. The van der Waals surface area contributed by atoms with Crippen molar-refractivity contribution in [3.8, 4) is 5.75 Å². The molecule has 1 fully saturated rings. The molecule has 28 heavy (non-hydrogen) atoms. The second-order valence-corrected chi connectivity index (χ2v) is 7.64. The van der Waals surface area contributed by atoms with E-state index in [4.69, 9.17) is 4.74 Å². The van der Waals surface area contributed by atoms with E-state index in [9.17, 15) is 4.79 Å². The van der Waals surface area contributed by atoms with Crippen LogP contribution in [0.3, 0.4) is 0 Å². The third-order valence-electron chi connectivity index (χ3n) is 4.68. The first-order chi connectivity index (χ1) is 13.7. The summed E-state index contributed by atoms with van der Waals surface area (Å²) in [6.45, 7) is 7.60. The standard InChI is InChI=1S/C22H27N3O2S/c1-3-16-28-21-11-7-4-8-18(21)23-22(26)17-24-12-14-25(15-13-24)19-9-5-6-10-20(19)27-2/h3-11H,1,12-17H2,2H3,(H,23,26). The fourth-order valence-electron chi connectivity index (χ4n) is 3.28. The van der Waals surface area contributed by atoms with Gasteiger partial charge in [-0.05, 0) is 24.3 Å². The van der Waals surface area contributed by atoms with Crippen LogP contribution in [-0.4, -0.2) is 56.4 Å². The Hall–Kier alpha value is -2.44. The van der Waals surface area contributed by atoms with Crippen molar-refractivity contribution in [3.63, 3.8) is 0 Å². The number of amides is 1. The summed E-state index contributed by atoms with van der Waals surface area (Å²) in [6, 6.07) is 16.0. The maximum Gasteiger partial charge on any atom is 0.238 e. The first-order valence-corrected chi connectivity index (χ1v) is 10.4. The Labute approximate surface area is 171 Å². The molecule has 0 unspecified atom stereocenters. The van der Waals surface area contributed by atoms with Gasteiger partial charge in [0.25, 0.3) is 0 Å². The molecule has 0 aromatic heterocycles. The second kappa shape index (κ2) is 10.2. The highest BCUT2D eigenvalue weighted by molar-refractivity contribution is 7.99. The SMILES string of the molecule is C=CCSc1ccccc1NC(=O)CN1CCN(c2ccccc2OC)CC1. The average molecular weight is 398 g/mol. The zero-order chi connectivity index (χ0) is 19.8. The van der Waals surface area contributed by atoms with Crippen LogP contribution < -0.4 is 15.0 Å². The largest absolute Gasteiger partial charge is 0.495 e. The fraction of sp³-hybridized carbons (Fsp3) is 0.318. The van der Waals surface area contributed by atoms with E-state index >= 15 is 0 Å². The summed E-state index contributed by atoms with van der Waals surface area (Å²) in [4.78, 5) is 18.1. The Morgan fingerprint density at radius 3 is 2.61 bits per heavy atom. The van der Waals surface area contributed by atoms with E-state index in [1.165, 1.54) is 0 Å². The van der Waals surface area contributed by atoms with Crippen molar-refractivity contribution in [2.45, 2.75) is 4.90 Å². The monoisotopic (exact) mass is 397 g/mol. The maximum atomic E-state index is 12.5. The number of carbonyl (C=O) groups is 1. The van der Waals surface area contributed by atoms with Gasteiger partial charge in [-0.3, -0.25) is 9.69 Å². The van der Waals surface area contributed by atoms with Gasteiger partial charge in [-0.25, -0.2) is 0 Å². The Kier molecular flexibility index (Phi) is 7.39. The lowest BCUT2D eigenvalue weighted by Crippen LogP contribution is -2.48. The highest BCUT2D eigenvalue weighted by atomic mass is 32.2. The Balaban J connectivity index is 1.52. The molecule has 1 N–H and O–H groups in total. The predicted octanol–water partition coefficient (Wildman–Crippen LogP) is 3.73. The van der Waals surface area contributed by atoms with Crippen LogP contribution in [0.5, 0.6) is 5.75 Å². The highest BCUT2D eigenvalue weighted by Gasteiger charge is 2.21. The Morgan fingerprint density at radius 2 is 1.86 bits per heavy atom. The van der Waals surface area contributed by atoms with Gasteiger partial charge in [0.15, 0.2) is 0 Å². The zero-order valence-electron chi connectivity index (χ0n) is 16.3. The van der Waals surface area contributed by atoms with E-state index in [1.54, 1.807) is 18.9 Å². The number of nitrogens with one attached hydrogen (secondary N) is 1. The lowest BCUT2D eigenvalue weighted by atomic mass is 10.2. The molecule has 5 nitrogen and oxygen atoms in total. The molecule has 6 heteroatoms. The Bertz CT molecular complexity index is 804. The molecule has 1 amide bonds. The summed E-state index contributed by atoms with van der Waals surface area (Å²) in [5.41, 5.74) is 1.98. The molecule has 0 aliphatic carbocycles. The van der Waals surface area contributed by atoms with Crippen LogP contribution in [0, 0.1) is 0 Å². The summed E-state index contributed by atoms with van der Waals surface area (Å²) < 4.78 is 5.47. The van der Waals surface area contributed by atoms with Crippen LogP contribution in [-0.2, 0) is 4.79 Å². The van der Waals surface area contributed by atoms with Gasteiger partial charge in [0.05, 0.1) is 25.0 Å². The molecule has 1 aliphatic rings. The normalized spacial score (nSPS) is 14.5. The molecule has 0 atom stereocenters. The summed E-state index contributed by atoms with van der Waals surface area (Å²) in [5.74, 6) is 1.73. The van der Waals surface area contributed by atoms with E-state index in [0.29, 0.717) is 6.54 Å². The first-order valence-electron chi connectivity index (χ1n) is 9.44. The van der Waals surface area contributed by atoms with Crippen molar-refractivity contribution in [1.82, 2.24) is 4.90 Å². The highest BCUT2D eigenvalue weighted by Crippen LogP contribution is 2.29. The molecule has 2 aromatic carbocycles. The molecule has 3 rings (SSSR count). The van der Waals surface area contributed by atoms with Crippen molar-refractivity contribution < 1.29 is 9.53 Å². The predicted molar refractivity (Wildman–Crippen MR) is 118 cm³/mol. The number of nitrogens with zero attached hydrogens (tertiary/aromatic N) is 2. The van der Waals surface area contributed by atoms with Gasteiger partial charge in [-0.15, -0.1) is 18.3 Å². The van der Waals surface area contributed by atoms with Crippen LogP contribution in [0.25, 0.3) is 0 Å². The summed E-state index contributed by atoms with van der Waals surface area (Å²) in [5, 5.41) is 3.06. The van der Waals surface area contributed by atoms with Crippen molar-refractivity contribution >= 4 is 29.0 Å². The molecule has 1 heterocycles. The van der Waals surface area contributed by atoms with E-state index in [1.807, 2.05) is 48.5 Å². The number of anilines is 2. The van der Waals surface area contributed by atoms with Gasteiger partial charge < -0.3 is 15.0 Å². The number of methoxy groups -OCH3 is 1. The van der Waals surface area contributed by atoms with Gasteiger partial charge in [-0.2, -0.15) is 0 Å². The number of para-hydroxylation sites is 3. The summed E-state index contributed by atoms with van der Waals surface area (Å²) in [6.07, 6.45) is 1.87. The van der Waals surface area contributed by atoms with Crippen molar-refractivity contribution in [1.29, 1.82) is 0 Å². The fourth-order valence-corrected chi connectivity index (χ4v) is 4.02. The minimum atomic E-state index is 0.0254. The number of thioether (sulfide) groups is 1. The van der Waals surface area contributed by atoms with Crippen LogP contribution in [0.15, 0.2) is 66.1 Å². The number of hydrogen-bond acceptors (Lipinski definition) is 5. The van der Waals surface area contributed by atoms with E-state index in [-0.39, 0.29) is 5.91 Å². The molecule has 1 aliphatic heterocycles. The third kappa shape index (κ3) is 5.30. The van der Waals surface area contributed by atoms with Crippen molar-refractivity contribution in [2.24, 2.45) is 0 Å². The minimum Gasteiger partial charge on any atom is -0.495 e. The first kappa shape index (κ1) is 20.3. The molecule has 2 aromatic rings. The van der Waals surface area contributed by atoms with Crippen LogP contribution in [0.1, 0.15) is 0 Å². The number of ether oxygens (including phenoxy) is 1. The number of piperazine rings is 1. The molecular formula is C22H27N3O2S. The van der Waals surface area contributed by atoms with Crippen molar-refractivity contribution in [3.05, 3.63) is 61.2 Å². The van der Waals surface area contributed by atoms with E-state index < -0.39 is 0 Å². The average Bonchev–Trinajstić information content (AvgIpc) is 2.73. The third-order valence-corrected chi connectivity index (χ3v) is 5.75.